The van der Waals surface area contributed by atoms with Crippen molar-refractivity contribution < 1.29 is 4.42 Å². The van der Waals surface area contributed by atoms with Crippen LogP contribution in [0.1, 0.15) is 0 Å². The molecule has 172 valence electrons. The molecule has 0 fully saturated rings. The summed E-state index contributed by atoms with van der Waals surface area (Å²) in [4.78, 5) is 9.95. The summed E-state index contributed by atoms with van der Waals surface area (Å²) in [6.07, 6.45) is 1.97. The van der Waals surface area contributed by atoms with E-state index in [-0.39, 0.29) is 0 Å². The maximum atomic E-state index is 6.30. The Bertz CT molecular complexity index is 2120. The third kappa shape index (κ3) is 3.01. The smallest absolute Gasteiger partial charge is 0.159 e. The maximum Gasteiger partial charge on any atom is 0.159 e. The molecule has 3 heteroatoms. The number of hydrogen-bond acceptors (Lipinski definition) is 3. The molecule has 0 aliphatic rings. The van der Waals surface area contributed by atoms with E-state index in [0.717, 1.165) is 54.9 Å². The normalized spacial score (nSPS) is 11.8. The van der Waals surface area contributed by atoms with Gasteiger partial charge in [-0.3, -0.25) is 0 Å². The Morgan fingerprint density at radius 2 is 1.11 bits per heavy atom. The SMILES string of the molecule is c1cc(-c2ncc3c4ccccc4c4ccccc4c3n2)cc(-c2cccc3c2oc2ccccc23)c1. The van der Waals surface area contributed by atoms with E-state index in [1.807, 2.05) is 18.3 Å². The maximum absolute atomic E-state index is 6.30. The molecule has 2 heterocycles. The number of para-hydroxylation sites is 2. The van der Waals surface area contributed by atoms with Gasteiger partial charge in [-0.15, -0.1) is 0 Å². The van der Waals surface area contributed by atoms with Gasteiger partial charge in [0, 0.05) is 38.9 Å². The van der Waals surface area contributed by atoms with Crippen LogP contribution in [-0.2, 0) is 0 Å². The summed E-state index contributed by atoms with van der Waals surface area (Å²) in [6.45, 7) is 0. The Balaban J connectivity index is 1.34. The molecule has 0 saturated heterocycles. The Kier molecular flexibility index (Phi) is 4.23. The fraction of sp³-hybridized carbons (Fsp3) is 0. The highest BCUT2D eigenvalue weighted by Crippen LogP contribution is 2.38. The molecule has 0 amide bonds. The van der Waals surface area contributed by atoms with Crippen molar-refractivity contribution in [3.63, 3.8) is 0 Å². The lowest BCUT2D eigenvalue weighted by atomic mass is 9.97. The van der Waals surface area contributed by atoms with Crippen molar-refractivity contribution in [1.29, 1.82) is 0 Å². The Hall–Kier alpha value is -5.02. The van der Waals surface area contributed by atoms with E-state index in [2.05, 4.69) is 103 Å². The molecule has 8 rings (SSSR count). The molecule has 0 spiro atoms. The predicted octanol–water partition coefficient (Wildman–Crippen LogP) is 9.17. The number of fused-ring (bicyclic) bond motifs is 9. The van der Waals surface area contributed by atoms with Crippen LogP contribution in [0.4, 0.5) is 0 Å². The number of benzene rings is 6. The van der Waals surface area contributed by atoms with Crippen LogP contribution in [-0.4, -0.2) is 9.97 Å². The number of furan rings is 1. The minimum Gasteiger partial charge on any atom is -0.455 e. The summed E-state index contributed by atoms with van der Waals surface area (Å²) in [5.41, 5.74) is 5.90. The first-order chi connectivity index (χ1) is 18.3. The van der Waals surface area contributed by atoms with Crippen molar-refractivity contribution in [1.82, 2.24) is 9.97 Å². The molecular formula is C34H20N2O. The van der Waals surface area contributed by atoms with Crippen molar-refractivity contribution in [2.75, 3.05) is 0 Å². The molecule has 0 saturated carbocycles. The van der Waals surface area contributed by atoms with Crippen LogP contribution in [0.15, 0.2) is 126 Å². The number of aromatic nitrogens is 2. The van der Waals surface area contributed by atoms with Gasteiger partial charge in [-0.05, 0) is 33.9 Å². The summed E-state index contributed by atoms with van der Waals surface area (Å²) >= 11 is 0. The molecule has 0 bridgehead atoms. The average Bonchev–Trinajstić information content (AvgIpc) is 3.36. The van der Waals surface area contributed by atoms with Crippen molar-refractivity contribution in [3.05, 3.63) is 121 Å². The highest BCUT2D eigenvalue weighted by molar-refractivity contribution is 6.24. The first kappa shape index (κ1) is 20.2. The molecular weight excluding hydrogens is 452 g/mol. The van der Waals surface area contributed by atoms with E-state index in [1.165, 1.54) is 16.2 Å². The summed E-state index contributed by atoms with van der Waals surface area (Å²) in [7, 11) is 0. The van der Waals surface area contributed by atoms with Crippen LogP contribution >= 0.6 is 0 Å². The predicted molar refractivity (Wildman–Crippen MR) is 153 cm³/mol. The largest absolute Gasteiger partial charge is 0.455 e. The third-order valence-electron chi connectivity index (χ3n) is 7.31. The summed E-state index contributed by atoms with van der Waals surface area (Å²) in [5, 5.41) is 8.08. The van der Waals surface area contributed by atoms with Gasteiger partial charge in [-0.1, -0.05) is 103 Å². The Morgan fingerprint density at radius 3 is 1.95 bits per heavy atom. The first-order valence-corrected chi connectivity index (χ1v) is 12.4. The zero-order valence-corrected chi connectivity index (χ0v) is 19.8. The second-order valence-corrected chi connectivity index (χ2v) is 9.41. The first-order valence-electron chi connectivity index (χ1n) is 12.4. The molecule has 37 heavy (non-hydrogen) atoms. The van der Waals surface area contributed by atoms with Gasteiger partial charge in [0.25, 0.3) is 0 Å². The standard InChI is InChI=1S/C34H20N2O/c1-2-13-26-24(11-1)25-12-3-4-15-28(25)32-30(26)20-35-34(36-32)22-10-7-9-21(19-22)23-16-8-17-29-27-14-5-6-18-31(27)37-33(23)29/h1-20H. The highest BCUT2D eigenvalue weighted by atomic mass is 16.3. The van der Waals surface area contributed by atoms with Gasteiger partial charge in [-0.25, -0.2) is 9.97 Å². The molecule has 6 aromatic carbocycles. The van der Waals surface area contributed by atoms with Crippen molar-refractivity contribution in [2.24, 2.45) is 0 Å². The summed E-state index contributed by atoms with van der Waals surface area (Å²) in [6, 6.07) is 39.9. The van der Waals surface area contributed by atoms with Crippen molar-refractivity contribution in [3.8, 4) is 22.5 Å². The van der Waals surface area contributed by atoms with Crippen LogP contribution in [0.25, 0.3) is 76.9 Å². The molecule has 0 unspecified atom stereocenters. The van der Waals surface area contributed by atoms with Gasteiger partial charge in [0.05, 0.1) is 5.52 Å². The van der Waals surface area contributed by atoms with Crippen molar-refractivity contribution >= 4 is 54.4 Å². The van der Waals surface area contributed by atoms with Crippen LogP contribution in [0.3, 0.4) is 0 Å². The monoisotopic (exact) mass is 472 g/mol. The van der Waals surface area contributed by atoms with Gasteiger partial charge in [0.15, 0.2) is 5.82 Å². The zero-order valence-electron chi connectivity index (χ0n) is 19.8. The minimum absolute atomic E-state index is 0.714. The summed E-state index contributed by atoms with van der Waals surface area (Å²) in [5.74, 6) is 0.714. The van der Waals surface area contributed by atoms with Gasteiger partial charge >= 0.3 is 0 Å². The minimum atomic E-state index is 0.714. The molecule has 0 atom stereocenters. The Morgan fingerprint density at radius 1 is 0.486 bits per heavy atom. The van der Waals surface area contributed by atoms with Gasteiger partial charge in [0.2, 0.25) is 0 Å². The molecule has 0 aliphatic heterocycles. The quantitative estimate of drug-likeness (QED) is 0.235. The second-order valence-electron chi connectivity index (χ2n) is 9.41. The fourth-order valence-electron chi connectivity index (χ4n) is 5.60. The number of nitrogens with zero attached hydrogens (tertiary/aromatic N) is 2. The lowest BCUT2D eigenvalue weighted by molar-refractivity contribution is 0.670. The third-order valence-corrected chi connectivity index (χ3v) is 7.31. The van der Waals surface area contributed by atoms with Gasteiger partial charge in [0.1, 0.15) is 11.2 Å². The van der Waals surface area contributed by atoms with Crippen LogP contribution in [0.2, 0.25) is 0 Å². The molecule has 0 aliphatic carbocycles. The molecule has 2 aromatic heterocycles. The van der Waals surface area contributed by atoms with Crippen LogP contribution in [0, 0.1) is 0 Å². The zero-order chi connectivity index (χ0) is 24.3. The lowest BCUT2D eigenvalue weighted by Gasteiger charge is -2.11. The van der Waals surface area contributed by atoms with Crippen molar-refractivity contribution in [2.45, 2.75) is 0 Å². The summed E-state index contributed by atoms with van der Waals surface area (Å²) < 4.78 is 6.30. The topological polar surface area (TPSA) is 38.9 Å². The van der Waals surface area contributed by atoms with E-state index in [9.17, 15) is 0 Å². The second kappa shape index (κ2) is 7.74. The molecule has 3 nitrogen and oxygen atoms in total. The average molecular weight is 473 g/mol. The van der Waals surface area contributed by atoms with Crippen LogP contribution in [0.5, 0.6) is 0 Å². The molecule has 0 N–H and O–H groups in total. The van der Waals surface area contributed by atoms with E-state index < -0.39 is 0 Å². The number of hydrogen-bond donors (Lipinski definition) is 0. The molecule has 8 aromatic rings. The molecule has 0 radical (unpaired) electrons. The fourth-order valence-corrected chi connectivity index (χ4v) is 5.60. The highest BCUT2D eigenvalue weighted by Gasteiger charge is 2.14. The van der Waals surface area contributed by atoms with E-state index >= 15 is 0 Å². The van der Waals surface area contributed by atoms with Gasteiger partial charge in [-0.2, -0.15) is 0 Å². The van der Waals surface area contributed by atoms with E-state index in [4.69, 9.17) is 14.4 Å². The lowest BCUT2D eigenvalue weighted by Crippen LogP contribution is -1.93. The van der Waals surface area contributed by atoms with E-state index in [1.54, 1.807) is 0 Å². The van der Waals surface area contributed by atoms with Crippen LogP contribution < -0.4 is 0 Å². The Labute approximate surface area is 212 Å². The number of rotatable bonds is 2. The van der Waals surface area contributed by atoms with E-state index in [0.29, 0.717) is 5.82 Å². The van der Waals surface area contributed by atoms with Gasteiger partial charge < -0.3 is 4.42 Å².